The molecule has 0 fully saturated rings. The predicted molar refractivity (Wildman–Crippen MR) is 70.9 cm³/mol. The fourth-order valence-electron chi connectivity index (χ4n) is 1.89. The number of hydrogen-bond donors (Lipinski definition) is 2. The molecule has 0 aromatic heterocycles. The number of rotatable bonds is 9. The molecular formula is C14H26N2. The molecule has 0 unspecified atom stereocenters. The highest BCUT2D eigenvalue weighted by molar-refractivity contribution is 4.90. The molecule has 0 saturated heterocycles. The van der Waals surface area contributed by atoms with Gasteiger partial charge < -0.3 is 10.6 Å². The van der Waals surface area contributed by atoms with Crippen LogP contribution in [0.2, 0.25) is 0 Å². The molecule has 0 radical (unpaired) electrons. The van der Waals surface area contributed by atoms with Gasteiger partial charge in [-0.25, -0.2) is 0 Å². The van der Waals surface area contributed by atoms with Crippen molar-refractivity contribution in [1.82, 2.24) is 10.6 Å². The number of nitrogens with one attached hydrogen (secondary N) is 2. The van der Waals surface area contributed by atoms with E-state index in [4.69, 9.17) is 0 Å². The van der Waals surface area contributed by atoms with E-state index in [2.05, 4.69) is 29.7 Å². The minimum atomic E-state index is 0.486. The average molecular weight is 222 g/mol. The first kappa shape index (κ1) is 13.1. The molecule has 1 aliphatic rings. The van der Waals surface area contributed by atoms with E-state index in [1.165, 1.54) is 51.4 Å². The molecule has 2 heteroatoms. The van der Waals surface area contributed by atoms with E-state index in [0.717, 1.165) is 0 Å². The van der Waals surface area contributed by atoms with E-state index in [-0.39, 0.29) is 0 Å². The van der Waals surface area contributed by atoms with Crippen molar-refractivity contribution in [2.75, 3.05) is 0 Å². The van der Waals surface area contributed by atoms with E-state index in [1.807, 2.05) is 12.4 Å². The van der Waals surface area contributed by atoms with Crippen LogP contribution in [0.5, 0.6) is 0 Å². The van der Waals surface area contributed by atoms with Crippen molar-refractivity contribution in [1.29, 1.82) is 0 Å². The smallest absolute Gasteiger partial charge is 0.0955 e. The Morgan fingerprint density at radius 1 is 0.938 bits per heavy atom. The van der Waals surface area contributed by atoms with Gasteiger partial charge in [-0.1, -0.05) is 38.3 Å². The maximum absolute atomic E-state index is 3.28. The molecule has 1 aliphatic heterocycles. The van der Waals surface area contributed by atoms with Crippen molar-refractivity contribution in [3.8, 4) is 0 Å². The minimum Gasteiger partial charge on any atom is -0.370 e. The second-order valence-corrected chi connectivity index (χ2v) is 4.47. The van der Waals surface area contributed by atoms with Crippen LogP contribution in [-0.4, -0.2) is 6.17 Å². The average Bonchev–Trinajstić information content (AvgIpc) is 2.80. The largest absolute Gasteiger partial charge is 0.370 e. The maximum atomic E-state index is 3.28. The van der Waals surface area contributed by atoms with Crippen molar-refractivity contribution in [2.24, 2.45) is 0 Å². The summed E-state index contributed by atoms with van der Waals surface area (Å²) in [6.45, 7) is 2.24. The third kappa shape index (κ3) is 6.54. The molecule has 16 heavy (non-hydrogen) atoms. The van der Waals surface area contributed by atoms with Gasteiger partial charge in [0.2, 0.25) is 0 Å². The highest BCUT2D eigenvalue weighted by Gasteiger charge is 2.05. The van der Waals surface area contributed by atoms with Gasteiger partial charge in [-0.15, -0.1) is 0 Å². The topological polar surface area (TPSA) is 24.1 Å². The van der Waals surface area contributed by atoms with Gasteiger partial charge >= 0.3 is 0 Å². The predicted octanol–water partition coefficient (Wildman–Crippen LogP) is 3.67. The lowest BCUT2D eigenvalue weighted by molar-refractivity contribution is 0.491. The zero-order valence-corrected chi connectivity index (χ0v) is 10.5. The van der Waals surface area contributed by atoms with Crippen molar-refractivity contribution < 1.29 is 0 Å². The zero-order valence-electron chi connectivity index (χ0n) is 10.5. The summed E-state index contributed by atoms with van der Waals surface area (Å²) in [5.74, 6) is 0. The lowest BCUT2D eigenvalue weighted by Crippen LogP contribution is -2.30. The summed E-state index contributed by atoms with van der Waals surface area (Å²) in [7, 11) is 0. The van der Waals surface area contributed by atoms with Gasteiger partial charge in [-0.05, 0) is 32.1 Å². The molecule has 2 nitrogen and oxygen atoms in total. The quantitative estimate of drug-likeness (QED) is 0.459. The minimum absolute atomic E-state index is 0.486. The van der Waals surface area contributed by atoms with Crippen LogP contribution >= 0.6 is 0 Å². The molecular weight excluding hydrogens is 196 g/mol. The third-order valence-corrected chi connectivity index (χ3v) is 2.93. The Kier molecular flexibility index (Phi) is 7.65. The zero-order chi connectivity index (χ0) is 11.5. The van der Waals surface area contributed by atoms with Crippen molar-refractivity contribution in [3.05, 3.63) is 24.6 Å². The van der Waals surface area contributed by atoms with Gasteiger partial charge in [0.1, 0.15) is 0 Å². The standard InChI is InChI=1S/C14H26N2/c1-2-3-4-5-6-7-8-9-10-11-14-15-12-13-16-14/h5-6,12-16H,2-4,7-11H2,1H3/b6-5+. The summed E-state index contributed by atoms with van der Waals surface area (Å²) in [4.78, 5) is 0. The number of allylic oxidation sites excluding steroid dienone is 2. The van der Waals surface area contributed by atoms with E-state index in [0.29, 0.717) is 6.17 Å². The van der Waals surface area contributed by atoms with E-state index in [1.54, 1.807) is 0 Å². The summed E-state index contributed by atoms with van der Waals surface area (Å²) in [6.07, 6.45) is 19.5. The van der Waals surface area contributed by atoms with E-state index in [9.17, 15) is 0 Å². The first-order valence-electron chi connectivity index (χ1n) is 6.75. The Labute approximate surface area is 100 Å². The normalized spacial score (nSPS) is 15.6. The summed E-state index contributed by atoms with van der Waals surface area (Å²) >= 11 is 0. The fourth-order valence-corrected chi connectivity index (χ4v) is 1.89. The molecule has 92 valence electrons. The third-order valence-electron chi connectivity index (χ3n) is 2.93. The second-order valence-electron chi connectivity index (χ2n) is 4.47. The van der Waals surface area contributed by atoms with Crippen LogP contribution in [0.1, 0.15) is 58.3 Å². The first-order chi connectivity index (χ1) is 7.93. The molecule has 0 aromatic carbocycles. The van der Waals surface area contributed by atoms with Crippen LogP contribution < -0.4 is 10.6 Å². The molecule has 0 bridgehead atoms. The highest BCUT2D eigenvalue weighted by Crippen LogP contribution is 2.07. The molecule has 0 spiro atoms. The fraction of sp³-hybridized carbons (Fsp3) is 0.714. The van der Waals surface area contributed by atoms with Gasteiger partial charge in [0.25, 0.3) is 0 Å². The molecule has 0 aromatic rings. The molecule has 0 amide bonds. The van der Waals surface area contributed by atoms with E-state index >= 15 is 0 Å². The second kappa shape index (κ2) is 9.32. The van der Waals surface area contributed by atoms with Crippen LogP contribution in [0.15, 0.2) is 24.6 Å². The monoisotopic (exact) mass is 222 g/mol. The van der Waals surface area contributed by atoms with Gasteiger partial charge in [0.05, 0.1) is 6.17 Å². The summed E-state index contributed by atoms with van der Waals surface area (Å²) in [6, 6.07) is 0. The molecule has 1 heterocycles. The van der Waals surface area contributed by atoms with Crippen LogP contribution in [0.3, 0.4) is 0 Å². The molecule has 1 rings (SSSR count). The van der Waals surface area contributed by atoms with Gasteiger partial charge in [-0.3, -0.25) is 0 Å². The van der Waals surface area contributed by atoms with E-state index < -0.39 is 0 Å². The van der Waals surface area contributed by atoms with Gasteiger partial charge in [0.15, 0.2) is 0 Å². The molecule has 0 atom stereocenters. The maximum Gasteiger partial charge on any atom is 0.0955 e. The lowest BCUT2D eigenvalue weighted by atomic mass is 10.1. The molecule has 2 N–H and O–H groups in total. The van der Waals surface area contributed by atoms with Crippen molar-refractivity contribution >= 4 is 0 Å². The van der Waals surface area contributed by atoms with Crippen LogP contribution in [0.25, 0.3) is 0 Å². The van der Waals surface area contributed by atoms with Crippen LogP contribution in [-0.2, 0) is 0 Å². The van der Waals surface area contributed by atoms with Crippen LogP contribution in [0.4, 0.5) is 0 Å². The lowest BCUT2D eigenvalue weighted by Gasteiger charge is -2.11. The van der Waals surface area contributed by atoms with Crippen molar-refractivity contribution in [2.45, 2.75) is 64.5 Å². The SMILES string of the molecule is CCCC/C=C/CCCCCC1NC=CN1. The number of hydrogen-bond acceptors (Lipinski definition) is 2. The Bertz CT molecular complexity index is 201. The van der Waals surface area contributed by atoms with Gasteiger partial charge in [0, 0.05) is 12.4 Å². The number of unbranched alkanes of at least 4 members (excludes halogenated alkanes) is 5. The van der Waals surface area contributed by atoms with Gasteiger partial charge in [-0.2, -0.15) is 0 Å². The Hall–Kier alpha value is -0.920. The summed E-state index contributed by atoms with van der Waals surface area (Å²) in [5.41, 5.74) is 0. The Balaban J connectivity index is 1.79. The Morgan fingerprint density at radius 3 is 2.31 bits per heavy atom. The van der Waals surface area contributed by atoms with Crippen LogP contribution in [0, 0.1) is 0 Å². The summed E-state index contributed by atoms with van der Waals surface area (Å²) in [5, 5.41) is 6.55. The van der Waals surface area contributed by atoms with Crippen molar-refractivity contribution in [3.63, 3.8) is 0 Å². The first-order valence-corrected chi connectivity index (χ1v) is 6.75. The Morgan fingerprint density at radius 2 is 1.62 bits per heavy atom. The molecule has 0 saturated carbocycles. The molecule has 0 aliphatic carbocycles. The highest BCUT2D eigenvalue weighted by atomic mass is 15.1. The summed E-state index contributed by atoms with van der Waals surface area (Å²) < 4.78 is 0.